The van der Waals surface area contributed by atoms with Gasteiger partial charge in [0.25, 0.3) is 0 Å². The van der Waals surface area contributed by atoms with Crippen molar-refractivity contribution in [1.29, 1.82) is 0 Å². The van der Waals surface area contributed by atoms with Crippen molar-refractivity contribution in [3.05, 3.63) is 59.8 Å². The molecule has 0 spiro atoms. The number of nitrogens with one attached hydrogen (secondary N) is 1. The third kappa shape index (κ3) is 3.84. The highest BCUT2D eigenvalue weighted by Gasteiger charge is 2.20. The van der Waals surface area contributed by atoms with Crippen molar-refractivity contribution >= 4 is 5.82 Å². The maximum absolute atomic E-state index is 5.78. The molecule has 4 nitrogen and oxygen atoms in total. The number of piperidine rings is 1. The molecule has 1 fully saturated rings. The van der Waals surface area contributed by atoms with E-state index >= 15 is 0 Å². The zero-order valence-electron chi connectivity index (χ0n) is 12.9. The molecule has 1 aliphatic heterocycles. The number of likely N-dealkylation sites (tertiary alicyclic amines) is 1. The minimum Gasteiger partial charge on any atom is -0.367 e. The lowest BCUT2D eigenvalue weighted by molar-refractivity contribution is 0.211. The highest BCUT2D eigenvalue weighted by molar-refractivity contribution is 5.44. The molecule has 2 aromatic rings. The number of anilines is 1. The van der Waals surface area contributed by atoms with E-state index in [9.17, 15) is 0 Å². The van der Waals surface area contributed by atoms with Crippen molar-refractivity contribution < 1.29 is 0 Å². The van der Waals surface area contributed by atoms with E-state index in [0.29, 0.717) is 12.6 Å². The zero-order chi connectivity index (χ0) is 15.2. The summed E-state index contributed by atoms with van der Waals surface area (Å²) in [6.45, 7) is 3.82. The Labute approximate surface area is 132 Å². The molecule has 116 valence electrons. The standard InChI is InChI=1S/C18H24N4/c19-13-16-7-4-10-20-18(16)21-17-8-11-22(12-9-17)14-15-5-2-1-3-6-15/h1-7,10,17H,8-9,11-14,19H2,(H,20,21). The van der Waals surface area contributed by atoms with Crippen LogP contribution in [0.25, 0.3) is 0 Å². The molecule has 0 unspecified atom stereocenters. The van der Waals surface area contributed by atoms with Gasteiger partial charge in [0.1, 0.15) is 5.82 Å². The SMILES string of the molecule is NCc1cccnc1NC1CCN(Cc2ccccc2)CC1. The van der Waals surface area contributed by atoms with Crippen LogP contribution in [-0.4, -0.2) is 29.0 Å². The predicted octanol–water partition coefficient (Wildman–Crippen LogP) is 2.62. The van der Waals surface area contributed by atoms with E-state index in [-0.39, 0.29) is 0 Å². The lowest BCUT2D eigenvalue weighted by Gasteiger charge is -2.33. The van der Waals surface area contributed by atoms with Gasteiger partial charge in [-0.1, -0.05) is 36.4 Å². The molecule has 3 N–H and O–H groups in total. The zero-order valence-corrected chi connectivity index (χ0v) is 12.9. The van der Waals surface area contributed by atoms with Crippen molar-refractivity contribution in [3.8, 4) is 0 Å². The minimum absolute atomic E-state index is 0.493. The van der Waals surface area contributed by atoms with Crippen LogP contribution in [0.1, 0.15) is 24.0 Å². The highest BCUT2D eigenvalue weighted by atomic mass is 15.1. The van der Waals surface area contributed by atoms with Crippen molar-refractivity contribution in [2.45, 2.75) is 32.0 Å². The summed E-state index contributed by atoms with van der Waals surface area (Å²) in [5.74, 6) is 0.950. The van der Waals surface area contributed by atoms with Crippen LogP contribution in [0.15, 0.2) is 48.7 Å². The molecule has 0 saturated carbocycles. The molecular formula is C18H24N4. The van der Waals surface area contributed by atoms with E-state index < -0.39 is 0 Å². The summed E-state index contributed by atoms with van der Waals surface area (Å²) >= 11 is 0. The fraction of sp³-hybridized carbons (Fsp3) is 0.389. The normalized spacial score (nSPS) is 16.6. The van der Waals surface area contributed by atoms with Crippen LogP contribution in [0.4, 0.5) is 5.82 Å². The molecular weight excluding hydrogens is 272 g/mol. The van der Waals surface area contributed by atoms with Gasteiger partial charge in [0.15, 0.2) is 0 Å². The third-order valence-electron chi connectivity index (χ3n) is 4.29. The number of pyridine rings is 1. The lowest BCUT2D eigenvalue weighted by atomic mass is 10.0. The molecule has 0 atom stereocenters. The van der Waals surface area contributed by atoms with Crippen molar-refractivity contribution in [1.82, 2.24) is 9.88 Å². The van der Waals surface area contributed by atoms with Crippen LogP contribution >= 0.6 is 0 Å². The summed E-state index contributed by atoms with van der Waals surface area (Å²) in [6, 6.07) is 15.2. The Bertz CT molecular complexity index is 577. The smallest absolute Gasteiger partial charge is 0.130 e. The van der Waals surface area contributed by atoms with Gasteiger partial charge in [0.2, 0.25) is 0 Å². The second kappa shape index (κ2) is 7.38. The molecule has 1 aliphatic rings. The Morgan fingerprint density at radius 2 is 1.86 bits per heavy atom. The Morgan fingerprint density at radius 1 is 1.09 bits per heavy atom. The van der Waals surface area contributed by atoms with Crippen LogP contribution < -0.4 is 11.1 Å². The summed E-state index contributed by atoms with van der Waals surface area (Å²) in [4.78, 5) is 6.95. The first kappa shape index (κ1) is 15.0. The van der Waals surface area contributed by atoms with Gasteiger partial charge in [0, 0.05) is 44.0 Å². The van der Waals surface area contributed by atoms with Crippen LogP contribution in [-0.2, 0) is 13.1 Å². The van der Waals surface area contributed by atoms with Crippen molar-refractivity contribution in [2.24, 2.45) is 5.73 Å². The van der Waals surface area contributed by atoms with Gasteiger partial charge in [0.05, 0.1) is 0 Å². The van der Waals surface area contributed by atoms with Gasteiger partial charge in [-0.3, -0.25) is 4.90 Å². The average Bonchev–Trinajstić information content (AvgIpc) is 2.58. The van der Waals surface area contributed by atoms with Gasteiger partial charge >= 0.3 is 0 Å². The first-order chi connectivity index (χ1) is 10.8. The number of rotatable bonds is 5. The second-order valence-electron chi connectivity index (χ2n) is 5.90. The Kier molecular flexibility index (Phi) is 5.03. The van der Waals surface area contributed by atoms with Crippen LogP contribution in [0, 0.1) is 0 Å². The van der Waals surface area contributed by atoms with Crippen LogP contribution in [0.2, 0.25) is 0 Å². The largest absolute Gasteiger partial charge is 0.367 e. The molecule has 4 heteroatoms. The maximum Gasteiger partial charge on any atom is 0.130 e. The average molecular weight is 296 g/mol. The number of nitrogens with two attached hydrogens (primary N) is 1. The number of nitrogens with zero attached hydrogens (tertiary/aromatic N) is 2. The van der Waals surface area contributed by atoms with E-state index in [2.05, 4.69) is 45.5 Å². The molecule has 3 rings (SSSR count). The van der Waals surface area contributed by atoms with Crippen LogP contribution in [0.5, 0.6) is 0 Å². The van der Waals surface area contributed by atoms with Gasteiger partial charge < -0.3 is 11.1 Å². The molecule has 0 amide bonds. The predicted molar refractivity (Wildman–Crippen MR) is 90.5 cm³/mol. The fourth-order valence-electron chi connectivity index (χ4n) is 3.00. The van der Waals surface area contributed by atoms with Crippen molar-refractivity contribution in [3.63, 3.8) is 0 Å². The third-order valence-corrected chi connectivity index (χ3v) is 4.29. The monoisotopic (exact) mass is 296 g/mol. The highest BCUT2D eigenvalue weighted by Crippen LogP contribution is 2.19. The first-order valence-corrected chi connectivity index (χ1v) is 8.02. The summed E-state index contributed by atoms with van der Waals surface area (Å²) in [5.41, 5.74) is 8.26. The van der Waals surface area contributed by atoms with Crippen LogP contribution in [0.3, 0.4) is 0 Å². The molecule has 0 radical (unpaired) electrons. The Morgan fingerprint density at radius 3 is 2.59 bits per heavy atom. The van der Waals surface area contributed by atoms with E-state index in [1.807, 2.05) is 18.3 Å². The maximum atomic E-state index is 5.78. The van der Waals surface area contributed by atoms with E-state index in [4.69, 9.17) is 5.73 Å². The minimum atomic E-state index is 0.493. The molecule has 0 aliphatic carbocycles. The van der Waals surface area contributed by atoms with Gasteiger partial charge in [-0.05, 0) is 24.5 Å². The summed E-state index contributed by atoms with van der Waals surface area (Å²) < 4.78 is 0. The summed E-state index contributed by atoms with van der Waals surface area (Å²) in [5, 5.41) is 3.57. The molecule has 1 saturated heterocycles. The summed E-state index contributed by atoms with van der Waals surface area (Å²) in [7, 11) is 0. The van der Waals surface area contributed by atoms with E-state index in [1.54, 1.807) is 0 Å². The number of benzene rings is 1. The van der Waals surface area contributed by atoms with Gasteiger partial charge in [-0.2, -0.15) is 0 Å². The summed E-state index contributed by atoms with van der Waals surface area (Å²) in [6.07, 6.45) is 4.12. The molecule has 2 heterocycles. The topological polar surface area (TPSA) is 54.2 Å². The Hall–Kier alpha value is -1.91. The Balaban J connectivity index is 1.51. The number of aromatic nitrogens is 1. The van der Waals surface area contributed by atoms with Crippen molar-refractivity contribution in [2.75, 3.05) is 18.4 Å². The fourth-order valence-corrected chi connectivity index (χ4v) is 3.00. The van der Waals surface area contributed by atoms with Gasteiger partial charge in [-0.25, -0.2) is 4.98 Å². The number of hydrogen-bond donors (Lipinski definition) is 2. The lowest BCUT2D eigenvalue weighted by Crippen LogP contribution is -2.39. The van der Waals surface area contributed by atoms with Gasteiger partial charge in [-0.15, -0.1) is 0 Å². The van der Waals surface area contributed by atoms with E-state index in [1.165, 1.54) is 5.56 Å². The second-order valence-corrected chi connectivity index (χ2v) is 5.90. The number of hydrogen-bond acceptors (Lipinski definition) is 4. The van der Waals surface area contributed by atoms with E-state index in [0.717, 1.165) is 43.9 Å². The quantitative estimate of drug-likeness (QED) is 0.890. The molecule has 1 aromatic carbocycles. The molecule has 0 bridgehead atoms. The first-order valence-electron chi connectivity index (χ1n) is 8.02. The molecule has 22 heavy (non-hydrogen) atoms. The molecule has 1 aromatic heterocycles.